The van der Waals surface area contributed by atoms with Crippen molar-refractivity contribution in [2.45, 2.75) is 13.5 Å². The first-order valence-corrected chi connectivity index (χ1v) is 7.42. The standard InChI is InChI=1S/C15H15N3O3S/c1-10(19)17-11-4-6-12(7-5-11)18-15(21)14(20)16-9-13-3-2-8-22-13/h2-8H,9H2,1H3,(H,16,20)(H,17,19)(H,18,21). The maximum Gasteiger partial charge on any atom is 0.313 e. The first-order valence-electron chi connectivity index (χ1n) is 6.54. The van der Waals surface area contributed by atoms with Crippen LogP contribution in [-0.2, 0) is 20.9 Å². The molecule has 0 atom stereocenters. The molecule has 1 heterocycles. The van der Waals surface area contributed by atoms with Gasteiger partial charge in [-0.2, -0.15) is 0 Å². The van der Waals surface area contributed by atoms with Crippen molar-refractivity contribution in [3.05, 3.63) is 46.7 Å². The number of hydrogen-bond acceptors (Lipinski definition) is 4. The van der Waals surface area contributed by atoms with Gasteiger partial charge in [0.05, 0.1) is 6.54 Å². The summed E-state index contributed by atoms with van der Waals surface area (Å²) >= 11 is 1.51. The average molecular weight is 317 g/mol. The fourth-order valence-corrected chi connectivity index (χ4v) is 2.33. The van der Waals surface area contributed by atoms with Crippen LogP contribution in [0.4, 0.5) is 11.4 Å². The molecule has 3 amide bonds. The predicted molar refractivity (Wildman–Crippen MR) is 85.5 cm³/mol. The predicted octanol–water partition coefficient (Wildman–Crippen LogP) is 1.96. The van der Waals surface area contributed by atoms with Crippen molar-refractivity contribution in [2.24, 2.45) is 0 Å². The van der Waals surface area contributed by atoms with Gasteiger partial charge in [0, 0.05) is 23.2 Å². The Morgan fingerprint density at radius 3 is 2.14 bits per heavy atom. The summed E-state index contributed by atoms with van der Waals surface area (Å²) in [4.78, 5) is 35.3. The highest BCUT2D eigenvalue weighted by Gasteiger charge is 2.13. The third-order valence-electron chi connectivity index (χ3n) is 2.67. The molecule has 0 aliphatic carbocycles. The molecule has 0 spiro atoms. The first-order chi connectivity index (χ1) is 10.5. The fourth-order valence-electron chi connectivity index (χ4n) is 1.69. The van der Waals surface area contributed by atoms with Gasteiger partial charge in [0.2, 0.25) is 5.91 Å². The maximum atomic E-state index is 11.7. The van der Waals surface area contributed by atoms with Crippen molar-refractivity contribution in [2.75, 3.05) is 10.6 Å². The van der Waals surface area contributed by atoms with E-state index in [2.05, 4.69) is 16.0 Å². The summed E-state index contributed by atoms with van der Waals surface area (Å²) in [5.41, 5.74) is 1.10. The molecular formula is C15H15N3O3S. The molecule has 22 heavy (non-hydrogen) atoms. The van der Waals surface area contributed by atoms with Crippen LogP contribution < -0.4 is 16.0 Å². The molecule has 1 aromatic carbocycles. The minimum atomic E-state index is -0.733. The van der Waals surface area contributed by atoms with Gasteiger partial charge in [-0.15, -0.1) is 11.3 Å². The summed E-state index contributed by atoms with van der Waals surface area (Å²) in [6.45, 7) is 1.74. The van der Waals surface area contributed by atoms with Crippen LogP contribution in [-0.4, -0.2) is 17.7 Å². The van der Waals surface area contributed by atoms with Crippen LogP contribution in [0.2, 0.25) is 0 Å². The Morgan fingerprint density at radius 1 is 0.955 bits per heavy atom. The van der Waals surface area contributed by atoms with Crippen LogP contribution in [0, 0.1) is 0 Å². The molecular weight excluding hydrogens is 302 g/mol. The minimum Gasteiger partial charge on any atom is -0.343 e. The van der Waals surface area contributed by atoms with Crippen LogP contribution in [0.1, 0.15) is 11.8 Å². The number of benzene rings is 1. The number of hydrogen-bond donors (Lipinski definition) is 3. The number of anilines is 2. The molecule has 6 nitrogen and oxygen atoms in total. The molecule has 0 aliphatic rings. The summed E-state index contributed by atoms with van der Waals surface area (Å²) in [6.07, 6.45) is 0. The lowest BCUT2D eigenvalue weighted by Gasteiger charge is -2.07. The van der Waals surface area contributed by atoms with Gasteiger partial charge in [0.15, 0.2) is 0 Å². The van der Waals surface area contributed by atoms with E-state index >= 15 is 0 Å². The average Bonchev–Trinajstić information content (AvgIpc) is 2.99. The smallest absolute Gasteiger partial charge is 0.313 e. The number of carbonyl (C=O) groups excluding carboxylic acids is 3. The topological polar surface area (TPSA) is 87.3 Å². The van der Waals surface area contributed by atoms with Gasteiger partial charge in [0.25, 0.3) is 0 Å². The molecule has 1 aromatic heterocycles. The molecule has 3 N–H and O–H groups in total. The highest BCUT2D eigenvalue weighted by molar-refractivity contribution is 7.09. The Labute approximate surface area is 131 Å². The van der Waals surface area contributed by atoms with Crippen LogP contribution >= 0.6 is 11.3 Å². The summed E-state index contributed by atoms with van der Waals surface area (Å²) in [7, 11) is 0. The Bertz CT molecular complexity index is 666. The lowest BCUT2D eigenvalue weighted by Crippen LogP contribution is -2.34. The van der Waals surface area contributed by atoms with Gasteiger partial charge < -0.3 is 16.0 Å². The summed E-state index contributed by atoms with van der Waals surface area (Å²) in [5.74, 6) is -1.60. The molecule has 0 saturated carbocycles. The zero-order valence-electron chi connectivity index (χ0n) is 11.9. The van der Waals surface area contributed by atoms with Crippen molar-refractivity contribution in [1.29, 1.82) is 0 Å². The van der Waals surface area contributed by atoms with E-state index in [1.54, 1.807) is 24.3 Å². The normalized spacial score (nSPS) is 9.86. The van der Waals surface area contributed by atoms with Gasteiger partial charge in [-0.05, 0) is 35.7 Å². The fraction of sp³-hybridized carbons (Fsp3) is 0.133. The van der Waals surface area contributed by atoms with Crippen molar-refractivity contribution >= 4 is 40.4 Å². The largest absolute Gasteiger partial charge is 0.343 e. The van der Waals surface area contributed by atoms with Crippen molar-refractivity contribution in [3.8, 4) is 0 Å². The van der Waals surface area contributed by atoms with Crippen molar-refractivity contribution in [3.63, 3.8) is 0 Å². The lowest BCUT2D eigenvalue weighted by molar-refractivity contribution is -0.136. The molecule has 0 unspecified atom stereocenters. The Balaban J connectivity index is 1.85. The van der Waals surface area contributed by atoms with E-state index in [9.17, 15) is 14.4 Å². The molecule has 0 fully saturated rings. The number of nitrogens with one attached hydrogen (secondary N) is 3. The number of rotatable bonds is 4. The van der Waals surface area contributed by atoms with E-state index < -0.39 is 11.8 Å². The monoisotopic (exact) mass is 317 g/mol. The zero-order chi connectivity index (χ0) is 15.9. The lowest BCUT2D eigenvalue weighted by atomic mass is 10.2. The molecule has 7 heteroatoms. The van der Waals surface area contributed by atoms with Crippen LogP contribution in [0.3, 0.4) is 0 Å². The van der Waals surface area contributed by atoms with E-state index in [-0.39, 0.29) is 5.91 Å². The molecule has 0 bridgehead atoms. The Morgan fingerprint density at radius 2 is 1.59 bits per heavy atom. The van der Waals surface area contributed by atoms with Gasteiger partial charge in [0.1, 0.15) is 0 Å². The molecule has 0 saturated heterocycles. The molecule has 2 rings (SSSR count). The molecule has 2 aromatic rings. The molecule has 114 valence electrons. The van der Waals surface area contributed by atoms with Gasteiger partial charge in [-0.25, -0.2) is 0 Å². The Hall–Kier alpha value is -2.67. The maximum absolute atomic E-state index is 11.7. The van der Waals surface area contributed by atoms with E-state index in [4.69, 9.17) is 0 Å². The van der Waals surface area contributed by atoms with E-state index in [0.29, 0.717) is 17.9 Å². The molecule has 0 aliphatic heterocycles. The number of carbonyl (C=O) groups is 3. The summed E-state index contributed by atoms with van der Waals surface area (Å²) in [5, 5.41) is 9.55. The third-order valence-corrected chi connectivity index (χ3v) is 3.55. The highest BCUT2D eigenvalue weighted by Crippen LogP contribution is 2.13. The van der Waals surface area contributed by atoms with Crippen molar-refractivity contribution in [1.82, 2.24) is 5.32 Å². The van der Waals surface area contributed by atoms with Gasteiger partial charge in [-0.1, -0.05) is 6.07 Å². The van der Waals surface area contributed by atoms with E-state index in [0.717, 1.165) is 4.88 Å². The summed E-state index contributed by atoms with van der Waals surface area (Å²) in [6, 6.07) is 10.2. The third kappa shape index (κ3) is 4.71. The SMILES string of the molecule is CC(=O)Nc1ccc(NC(=O)C(=O)NCc2cccs2)cc1. The van der Waals surface area contributed by atoms with Gasteiger partial charge >= 0.3 is 11.8 Å². The van der Waals surface area contributed by atoms with E-state index in [1.165, 1.54) is 18.3 Å². The Kier molecular flexibility index (Phi) is 5.26. The number of amides is 3. The second-order valence-electron chi connectivity index (χ2n) is 4.47. The van der Waals surface area contributed by atoms with Crippen molar-refractivity contribution < 1.29 is 14.4 Å². The van der Waals surface area contributed by atoms with Crippen LogP contribution in [0.15, 0.2) is 41.8 Å². The summed E-state index contributed by atoms with van der Waals surface area (Å²) < 4.78 is 0. The quantitative estimate of drug-likeness (QED) is 0.753. The first kappa shape index (κ1) is 15.7. The van der Waals surface area contributed by atoms with Crippen LogP contribution in [0.25, 0.3) is 0 Å². The van der Waals surface area contributed by atoms with E-state index in [1.807, 2.05) is 17.5 Å². The second-order valence-corrected chi connectivity index (χ2v) is 5.51. The van der Waals surface area contributed by atoms with Crippen LogP contribution in [0.5, 0.6) is 0 Å². The van der Waals surface area contributed by atoms with Gasteiger partial charge in [-0.3, -0.25) is 14.4 Å². The number of thiophene rings is 1. The minimum absolute atomic E-state index is 0.176. The second kappa shape index (κ2) is 7.37. The molecule has 0 radical (unpaired) electrons. The highest BCUT2D eigenvalue weighted by atomic mass is 32.1. The zero-order valence-corrected chi connectivity index (χ0v) is 12.7.